The first-order valence-corrected chi connectivity index (χ1v) is 13.5. The van der Waals surface area contributed by atoms with Gasteiger partial charge in [0.2, 0.25) is 0 Å². The molecule has 9 nitrogen and oxygen atoms in total. The predicted molar refractivity (Wildman–Crippen MR) is 148 cm³/mol. The van der Waals surface area contributed by atoms with Gasteiger partial charge < -0.3 is 19.3 Å². The van der Waals surface area contributed by atoms with Crippen LogP contribution in [0.4, 0.5) is 9.59 Å². The van der Waals surface area contributed by atoms with Gasteiger partial charge in [0, 0.05) is 38.0 Å². The zero-order valence-electron chi connectivity index (χ0n) is 23.0. The van der Waals surface area contributed by atoms with Crippen LogP contribution >= 0.6 is 28.7 Å². The molecule has 0 saturated carbocycles. The van der Waals surface area contributed by atoms with Crippen molar-refractivity contribution in [3.05, 3.63) is 0 Å². The van der Waals surface area contributed by atoms with Gasteiger partial charge in [0.25, 0.3) is 0 Å². The van der Waals surface area contributed by atoms with E-state index in [0.717, 1.165) is 0 Å². The number of amides is 2. The molecule has 0 aliphatic carbocycles. The van der Waals surface area contributed by atoms with Gasteiger partial charge in [-0.3, -0.25) is 9.59 Å². The van der Waals surface area contributed by atoms with Crippen LogP contribution in [0.25, 0.3) is 0 Å². The number of rotatable bonds is 3. The van der Waals surface area contributed by atoms with Gasteiger partial charge in [0.1, 0.15) is 22.8 Å². The average molecular weight is 591 g/mol. The summed E-state index contributed by atoms with van der Waals surface area (Å²) in [6.07, 6.45) is -0.641. The number of nitrogens with zero attached hydrogens (tertiary/aromatic N) is 3. The fourth-order valence-electron chi connectivity index (χ4n) is 3.93. The van der Waals surface area contributed by atoms with Crippen molar-refractivity contribution in [1.82, 2.24) is 9.80 Å². The van der Waals surface area contributed by atoms with Crippen LogP contribution in [-0.4, -0.2) is 83.9 Å². The second-order valence-electron chi connectivity index (χ2n) is 11.3. The van der Waals surface area contributed by atoms with Gasteiger partial charge >= 0.3 is 36.9 Å². The summed E-state index contributed by atoms with van der Waals surface area (Å²) in [6, 6.07) is 0. The number of carbonyl (C=O) groups excluding carboxylic acids is 4. The zero-order chi connectivity index (χ0) is 28.4. The number of hydrogen-bond acceptors (Lipinski definition) is 8. The van der Waals surface area contributed by atoms with Crippen LogP contribution in [0.2, 0.25) is 0 Å². The molecule has 12 heteroatoms. The summed E-state index contributed by atoms with van der Waals surface area (Å²) in [4.78, 5) is 49.8. The SMILES string of the molecule is CC(=O)[C@@H]1CN(C(=O)OC(C)(C)C)C[C@H]1C.C[C@@H]1CN(C(=O)OC(C)(C)C)C[C@H]1C(=O)CBr.[B]=NS. The summed E-state index contributed by atoms with van der Waals surface area (Å²) in [5.41, 5.74) is -0.966. The van der Waals surface area contributed by atoms with Crippen molar-refractivity contribution in [2.45, 2.75) is 73.5 Å². The van der Waals surface area contributed by atoms with E-state index in [9.17, 15) is 19.2 Å². The van der Waals surface area contributed by atoms with Crippen LogP contribution in [0.5, 0.6) is 0 Å². The summed E-state index contributed by atoms with van der Waals surface area (Å²) in [7, 11) is 4.34. The van der Waals surface area contributed by atoms with Crippen LogP contribution in [0, 0.1) is 23.7 Å². The second kappa shape index (κ2) is 15.1. The molecule has 2 saturated heterocycles. The number of ketones is 2. The van der Waals surface area contributed by atoms with Crippen LogP contribution in [-0.2, 0) is 19.1 Å². The predicted octanol–water partition coefficient (Wildman–Crippen LogP) is 4.72. The number of Topliss-reactive ketones (excluding diaryl/α,β-unsaturated/α-hetero) is 2. The quantitative estimate of drug-likeness (QED) is 0.290. The molecule has 2 aliphatic rings. The minimum atomic E-state index is -0.488. The molecule has 205 valence electrons. The van der Waals surface area contributed by atoms with Crippen molar-refractivity contribution in [1.29, 1.82) is 0 Å². The van der Waals surface area contributed by atoms with Crippen LogP contribution in [0.15, 0.2) is 4.30 Å². The Morgan fingerprint density at radius 1 is 0.861 bits per heavy atom. The van der Waals surface area contributed by atoms with E-state index in [2.05, 4.69) is 40.7 Å². The number of alkyl halides is 1. The van der Waals surface area contributed by atoms with Crippen molar-refractivity contribution in [3.63, 3.8) is 0 Å². The third kappa shape index (κ3) is 12.7. The summed E-state index contributed by atoms with van der Waals surface area (Å²) in [6.45, 7) is 18.8. The number of thiol groups is 1. The van der Waals surface area contributed by atoms with Crippen molar-refractivity contribution in [3.8, 4) is 0 Å². The van der Waals surface area contributed by atoms with E-state index in [1.807, 2.05) is 55.4 Å². The van der Waals surface area contributed by atoms with Gasteiger partial charge in [-0.15, -0.1) is 0 Å². The molecule has 0 aromatic heterocycles. The normalized spacial score (nSPS) is 23.5. The van der Waals surface area contributed by atoms with Crippen molar-refractivity contribution >= 4 is 60.1 Å². The van der Waals surface area contributed by atoms with E-state index in [4.69, 9.17) is 9.47 Å². The summed E-state index contributed by atoms with van der Waals surface area (Å²) >= 11 is 6.37. The molecule has 2 heterocycles. The average Bonchev–Trinajstić information content (AvgIpc) is 3.29. The monoisotopic (exact) mass is 590 g/mol. The molecule has 0 bridgehead atoms. The maximum atomic E-state index is 11.8. The Morgan fingerprint density at radius 3 is 1.47 bits per heavy atom. The standard InChI is InChI=1S/C12H20BrNO3.C12H21NO3.BHNS/c1-8-6-14(7-9(8)10(15)5-13)11(16)17-12(2,3)4;1-8-6-13(7-10(8)9(2)14)11(15)16-12(3,4)5;1-2-3/h8-9H,5-7H2,1-4H3;8,10H,6-7H2,1-5H3;3H/t8-,9-;8-,10-;/m11./s1. The maximum absolute atomic E-state index is 11.8. The second-order valence-corrected chi connectivity index (χ2v) is 12.1. The van der Waals surface area contributed by atoms with Gasteiger partial charge in [-0.25, -0.2) is 9.59 Å². The number of likely N-dealkylation sites (tertiary alicyclic amines) is 2. The fourth-order valence-corrected chi connectivity index (χ4v) is 4.35. The number of carbonyl (C=O) groups is 4. The van der Waals surface area contributed by atoms with Crippen LogP contribution < -0.4 is 0 Å². The summed E-state index contributed by atoms with van der Waals surface area (Å²) in [5.74, 6) is 0.633. The van der Waals surface area contributed by atoms with E-state index in [-0.39, 0.29) is 47.4 Å². The Morgan fingerprint density at radius 2 is 1.19 bits per heavy atom. The van der Waals surface area contributed by atoms with Crippen molar-refractivity contribution < 1.29 is 28.7 Å². The van der Waals surface area contributed by atoms with Gasteiger partial charge in [-0.1, -0.05) is 29.8 Å². The van der Waals surface area contributed by atoms with Gasteiger partial charge in [0.15, 0.2) is 0 Å². The first-order valence-electron chi connectivity index (χ1n) is 12.0. The molecule has 0 aromatic carbocycles. The molecular weight excluding hydrogens is 549 g/mol. The number of hydrogen-bond donors (Lipinski definition) is 1. The topological polar surface area (TPSA) is 106 Å². The molecule has 0 aromatic rings. The molecule has 4 atom stereocenters. The molecule has 0 unspecified atom stereocenters. The zero-order valence-corrected chi connectivity index (χ0v) is 25.5. The van der Waals surface area contributed by atoms with Gasteiger partial charge in [-0.05, 0) is 60.3 Å². The van der Waals surface area contributed by atoms with E-state index in [1.165, 1.54) is 0 Å². The first kappa shape index (κ1) is 34.6. The summed E-state index contributed by atoms with van der Waals surface area (Å²) < 4.78 is 13.3. The molecule has 2 amide bonds. The number of ether oxygens (including phenoxy) is 2. The van der Waals surface area contributed by atoms with E-state index in [0.29, 0.717) is 31.5 Å². The fraction of sp³-hybridized carbons (Fsp3) is 0.833. The Labute approximate surface area is 231 Å². The Hall–Kier alpha value is -1.43. The van der Waals surface area contributed by atoms with Gasteiger partial charge in [0.05, 0.1) is 5.33 Å². The Kier molecular flexibility index (Phi) is 14.5. The van der Waals surface area contributed by atoms with Crippen LogP contribution in [0.1, 0.15) is 62.3 Å². The van der Waals surface area contributed by atoms with Crippen molar-refractivity contribution in [2.75, 3.05) is 31.5 Å². The molecule has 36 heavy (non-hydrogen) atoms. The Balaban J connectivity index is 0.000000614. The molecule has 2 aliphatic heterocycles. The third-order valence-electron chi connectivity index (χ3n) is 5.60. The molecule has 2 fully saturated rings. The Bertz CT molecular complexity index is 787. The number of halogens is 1. The first-order chi connectivity index (χ1) is 16.4. The molecular formula is C24H42BBrN3O6S. The van der Waals surface area contributed by atoms with Crippen LogP contribution in [0.3, 0.4) is 0 Å². The van der Waals surface area contributed by atoms with E-state index in [1.54, 1.807) is 16.7 Å². The summed E-state index contributed by atoms with van der Waals surface area (Å²) in [5, 5.41) is 0.351. The third-order valence-corrected chi connectivity index (χ3v) is 6.15. The molecule has 0 spiro atoms. The molecule has 1 radical (unpaired) electrons. The molecule has 0 N–H and O–H groups in total. The minimum absolute atomic E-state index is 0.0347. The molecule has 2 rings (SSSR count). The van der Waals surface area contributed by atoms with Crippen molar-refractivity contribution in [2.24, 2.45) is 28.0 Å². The van der Waals surface area contributed by atoms with Gasteiger partial charge in [-0.2, -0.15) is 0 Å². The van der Waals surface area contributed by atoms with E-state index >= 15 is 0 Å². The van der Waals surface area contributed by atoms with E-state index < -0.39 is 11.2 Å².